The largest absolute Gasteiger partial charge is 0.504 e. The molecule has 1 aromatic heterocycles. The Hall–Kier alpha value is -1.41. The van der Waals surface area contributed by atoms with Crippen LogP contribution in [-0.4, -0.2) is 10.1 Å². The second-order valence-corrected chi connectivity index (χ2v) is 2.83. The Balaban J connectivity index is 3.31. The Labute approximate surface area is 83.6 Å². The molecule has 1 rings (SSSR count). The smallest absolute Gasteiger partial charge is 0.267 e. The first-order chi connectivity index (χ1) is 6.57. The van der Waals surface area contributed by atoms with Gasteiger partial charge in [0, 0.05) is 6.20 Å². The van der Waals surface area contributed by atoms with E-state index in [2.05, 4.69) is 4.98 Å². The van der Waals surface area contributed by atoms with Crippen LogP contribution in [0.4, 0.5) is 8.78 Å². The predicted octanol–water partition coefficient (Wildman–Crippen LogP) is 2.44. The molecule has 6 heteroatoms. The number of hydrogen-bond donors (Lipinski definition) is 1. The molecular formula is C8H5ClF2N2O. The molecule has 1 heterocycles. The first kappa shape index (κ1) is 10.7. The van der Waals surface area contributed by atoms with Crippen molar-refractivity contribution in [1.82, 2.24) is 4.98 Å². The van der Waals surface area contributed by atoms with E-state index in [0.29, 0.717) is 0 Å². The summed E-state index contributed by atoms with van der Waals surface area (Å²) in [5.41, 5.74) is -0.629. The van der Waals surface area contributed by atoms with Crippen LogP contribution < -0.4 is 0 Å². The van der Waals surface area contributed by atoms with Gasteiger partial charge < -0.3 is 5.11 Å². The van der Waals surface area contributed by atoms with Crippen molar-refractivity contribution in [2.75, 3.05) is 0 Å². The van der Waals surface area contributed by atoms with Crippen molar-refractivity contribution in [3.63, 3.8) is 0 Å². The van der Waals surface area contributed by atoms with E-state index in [-0.39, 0.29) is 17.1 Å². The Morgan fingerprint density at radius 1 is 1.64 bits per heavy atom. The average Bonchev–Trinajstić information content (AvgIpc) is 2.11. The Bertz CT molecular complexity index is 390. The summed E-state index contributed by atoms with van der Waals surface area (Å²) in [5, 5.41) is 17.2. The summed E-state index contributed by atoms with van der Waals surface area (Å²) in [5.74, 6) is -0.755. The third-order valence-corrected chi connectivity index (χ3v) is 1.89. The van der Waals surface area contributed by atoms with E-state index in [9.17, 15) is 13.9 Å². The molecule has 14 heavy (non-hydrogen) atoms. The number of alkyl halides is 2. The number of aromatic nitrogens is 1. The van der Waals surface area contributed by atoms with Crippen LogP contribution in [0.1, 0.15) is 17.6 Å². The fourth-order valence-electron chi connectivity index (χ4n) is 0.998. The van der Waals surface area contributed by atoms with Gasteiger partial charge in [0.25, 0.3) is 6.43 Å². The molecule has 0 amide bonds. The number of halogens is 3. The summed E-state index contributed by atoms with van der Waals surface area (Å²) < 4.78 is 24.9. The first-order valence-corrected chi connectivity index (χ1v) is 3.97. The second-order valence-electron chi connectivity index (χ2n) is 2.47. The summed E-state index contributed by atoms with van der Waals surface area (Å²) in [4.78, 5) is 3.47. The second kappa shape index (κ2) is 4.20. The highest BCUT2D eigenvalue weighted by atomic mass is 35.5. The SMILES string of the molecule is N#CCc1cnc(Cl)c(O)c1C(F)F. The lowest BCUT2D eigenvalue weighted by Crippen LogP contribution is -1.97. The summed E-state index contributed by atoms with van der Waals surface area (Å²) >= 11 is 5.35. The molecule has 0 aromatic carbocycles. The summed E-state index contributed by atoms with van der Waals surface area (Å²) in [7, 11) is 0. The number of nitrogens with zero attached hydrogens (tertiary/aromatic N) is 2. The zero-order valence-electron chi connectivity index (χ0n) is 6.84. The molecule has 0 radical (unpaired) electrons. The van der Waals surface area contributed by atoms with E-state index in [1.165, 1.54) is 0 Å². The van der Waals surface area contributed by atoms with E-state index < -0.39 is 17.7 Å². The molecule has 0 spiro atoms. The molecule has 0 aliphatic rings. The summed E-state index contributed by atoms with van der Waals surface area (Å²) in [6.45, 7) is 0. The maximum Gasteiger partial charge on any atom is 0.267 e. The highest BCUT2D eigenvalue weighted by molar-refractivity contribution is 6.30. The zero-order chi connectivity index (χ0) is 10.7. The van der Waals surface area contributed by atoms with Crippen LogP contribution in [0.2, 0.25) is 5.15 Å². The summed E-state index contributed by atoms with van der Waals surface area (Å²) in [6.07, 6.45) is -2.05. The maximum absolute atomic E-state index is 12.4. The van der Waals surface area contributed by atoms with Gasteiger partial charge in [0.15, 0.2) is 10.9 Å². The van der Waals surface area contributed by atoms with Gasteiger partial charge in [-0.25, -0.2) is 13.8 Å². The van der Waals surface area contributed by atoms with Gasteiger partial charge in [0.2, 0.25) is 0 Å². The maximum atomic E-state index is 12.4. The van der Waals surface area contributed by atoms with Crippen LogP contribution in [0.25, 0.3) is 0 Å². The number of pyridine rings is 1. The van der Waals surface area contributed by atoms with Crippen molar-refractivity contribution in [3.05, 3.63) is 22.5 Å². The summed E-state index contributed by atoms with van der Waals surface area (Å²) in [6, 6.07) is 1.70. The van der Waals surface area contributed by atoms with Gasteiger partial charge in [-0.05, 0) is 5.56 Å². The predicted molar refractivity (Wildman–Crippen MR) is 45.2 cm³/mol. The van der Waals surface area contributed by atoms with Gasteiger partial charge in [-0.15, -0.1) is 0 Å². The van der Waals surface area contributed by atoms with Gasteiger partial charge in [0.05, 0.1) is 18.1 Å². The van der Waals surface area contributed by atoms with Crippen molar-refractivity contribution < 1.29 is 13.9 Å². The highest BCUT2D eigenvalue weighted by Crippen LogP contribution is 2.35. The molecule has 0 atom stereocenters. The number of rotatable bonds is 2. The molecule has 0 bridgehead atoms. The van der Waals surface area contributed by atoms with Gasteiger partial charge in [0.1, 0.15) is 0 Å². The Kier molecular flexibility index (Phi) is 3.20. The Morgan fingerprint density at radius 2 is 2.29 bits per heavy atom. The van der Waals surface area contributed by atoms with Gasteiger partial charge in [-0.1, -0.05) is 11.6 Å². The lowest BCUT2D eigenvalue weighted by atomic mass is 10.1. The van der Waals surface area contributed by atoms with Crippen molar-refractivity contribution in [2.45, 2.75) is 12.8 Å². The highest BCUT2D eigenvalue weighted by Gasteiger charge is 2.20. The number of hydrogen-bond acceptors (Lipinski definition) is 3. The third kappa shape index (κ3) is 1.91. The molecule has 0 saturated heterocycles. The van der Waals surface area contributed by atoms with E-state index in [1.807, 2.05) is 0 Å². The first-order valence-electron chi connectivity index (χ1n) is 3.59. The molecule has 0 unspecified atom stereocenters. The average molecular weight is 219 g/mol. The van der Waals surface area contributed by atoms with Gasteiger partial charge in [-0.2, -0.15) is 5.26 Å². The van der Waals surface area contributed by atoms with Gasteiger partial charge >= 0.3 is 0 Å². The van der Waals surface area contributed by atoms with Crippen LogP contribution in [0.15, 0.2) is 6.20 Å². The molecule has 1 aromatic rings. The number of nitriles is 1. The zero-order valence-corrected chi connectivity index (χ0v) is 7.59. The Morgan fingerprint density at radius 3 is 2.79 bits per heavy atom. The van der Waals surface area contributed by atoms with Crippen LogP contribution in [0.3, 0.4) is 0 Å². The molecule has 0 aliphatic carbocycles. The van der Waals surface area contributed by atoms with Crippen LogP contribution in [0.5, 0.6) is 5.75 Å². The molecule has 0 fully saturated rings. The van der Waals surface area contributed by atoms with Crippen molar-refractivity contribution in [1.29, 1.82) is 5.26 Å². The molecule has 1 N–H and O–H groups in total. The lowest BCUT2D eigenvalue weighted by molar-refractivity contribution is 0.146. The molecule has 0 saturated carbocycles. The number of aromatic hydroxyl groups is 1. The van der Waals surface area contributed by atoms with Crippen LogP contribution in [0, 0.1) is 11.3 Å². The fraction of sp³-hybridized carbons (Fsp3) is 0.250. The van der Waals surface area contributed by atoms with Crippen molar-refractivity contribution in [2.24, 2.45) is 0 Å². The fourth-order valence-corrected chi connectivity index (χ4v) is 1.15. The van der Waals surface area contributed by atoms with Crippen molar-refractivity contribution >= 4 is 11.6 Å². The normalized spacial score (nSPS) is 10.2. The third-order valence-electron chi connectivity index (χ3n) is 1.62. The minimum Gasteiger partial charge on any atom is -0.504 e. The van der Waals surface area contributed by atoms with E-state index in [0.717, 1.165) is 6.20 Å². The molecule has 74 valence electrons. The van der Waals surface area contributed by atoms with E-state index >= 15 is 0 Å². The molecule has 3 nitrogen and oxygen atoms in total. The molecular weight excluding hydrogens is 214 g/mol. The van der Waals surface area contributed by atoms with E-state index in [4.69, 9.17) is 16.9 Å². The molecule has 0 aliphatic heterocycles. The topological polar surface area (TPSA) is 56.9 Å². The standard InChI is InChI=1S/C8H5ClF2N2O/c9-7-6(14)5(8(10)11)4(1-2-12)3-13-7/h3,8,14H,1H2. The quantitative estimate of drug-likeness (QED) is 0.776. The lowest BCUT2D eigenvalue weighted by Gasteiger charge is -2.08. The van der Waals surface area contributed by atoms with Crippen molar-refractivity contribution in [3.8, 4) is 11.8 Å². The van der Waals surface area contributed by atoms with Crippen LogP contribution in [-0.2, 0) is 6.42 Å². The van der Waals surface area contributed by atoms with E-state index in [1.54, 1.807) is 6.07 Å². The monoisotopic (exact) mass is 218 g/mol. The van der Waals surface area contributed by atoms with Gasteiger partial charge in [-0.3, -0.25) is 0 Å². The minimum absolute atomic E-state index is 0.00981. The minimum atomic E-state index is -2.88. The van der Waals surface area contributed by atoms with Crippen LogP contribution >= 0.6 is 11.6 Å².